The third kappa shape index (κ3) is 3.86. The van der Waals surface area contributed by atoms with Crippen LogP contribution in [0.15, 0.2) is 60.9 Å². The molecular weight excluding hydrogens is 312 g/mol. The van der Waals surface area contributed by atoms with Crippen LogP contribution in [0.5, 0.6) is 5.75 Å². The average molecular weight is 332 g/mol. The molecule has 25 heavy (non-hydrogen) atoms. The summed E-state index contributed by atoms with van der Waals surface area (Å²) in [7, 11) is 1.59. The molecule has 0 aliphatic rings. The van der Waals surface area contributed by atoms with E-state index in [1.807, 2.05) is 30.3 Å². The van der Waals surface area contributed by atoms with Gasteiger partial charge in [-0.15, -0.1) is 0 Å². The zero-order valence-electron chi connectivity index (χ0n) is 14.3. The summed E-state index contributed by atoms with van der Waals surface area (Å²) in [5.74, 6) is 1.10. The summed E-state index contributed by atoms with van der Waals surface area (Å²) < 4.78 is 5.22. The molecule has 2 aromatic carbocycles. The summed E-state index contributed by atoms with van der Waals surface area (Å²) in [5, 5.41) is 0. The fourth-order valence-electron chi connectivity index (χ4n) is 2.59. The second-order valence-electron chi connectivity index (χ2n) is 5.65. The Bertz CT molecular complexity index is 879. The summed E-state index contributed by atoms with van der Waals surface area (Å²) in [6.45, 7) is 2.12. The molecule has 0 bridgehead atoms. The lowest BCUT2D eigenvalue weighted by molar-refractivity contribution is 0.105. The predicted octanol–water partition coefficient (Wildman–Crippen LogP) is 4.40. The van der Waals surface area contributed by atoms with E-state index in [0.29, 0.717) is 22.7 Å². The molecule has 0 spiro atoms. The molecule has 1 aromatic heterocycles. The Labute approximate surface area is 147 Å². The van der Waals surface area contributed by atoms with Crippen LogP contribution in [0.4, 0.5) is 0 Å². The number of Topliss-reactive ketones (excluding diaryl/α,β-unsaturated/α-hetero) is 1. The number of aryl methyl sites for hydroxylation is 1. The van der Waals surface area contributed by atoms with Gasteiger partial charge >= 0.3 is 0 Å². The quantitative estimate of drug-likeness (QED) is 0.537. The highest BCUT2D eigenvalue weighted by atomic mass is 16.5. The number of methoxy groups -OCH3 is 1. The monoisotopic (exact) mass is 332 g/mol. The minimum atomic E-state index is -0.103. The first-order chi connectivity index (χ1) is 12.2. The number of nitrogens with zero attached hydrogens (tertiary/aromatic N) is 1. The molecule has 0 radical (unpaired) electrons. The molecular formula is C21H20N2O2. The first-order valence-corrected chi connectivity index (χ1v) is 8.20. The Morgan fingerprint density at radius 1 is 1.20 bits per heavy atom. The lowest BCUT2D eigenvalue weighted by Crippen LogP contribution is -2.04. The van der Waals surface area contributed by atoms with Gasteiger partial charge in [0.15, 0.2) is 5.78 Å². The summed E-state index contributed by atoms with van der Waals surface area (Å²) in [5.41, 5.74) is 3.30. The topological polar surface area (TPSA) is 55.0 Å². The number of aromatic nitrogens is 2. The summed E-state index contributed by atoms with van der Waals surface area (Å²) in [4.78, 5) is 20.3. The number of carbonyl (C=O) groups is 1. The highest BCUT2D eigenvalue weighted by molar-refractivity contribution is 6.31. The fraction of sp³-hybridized carbons (Fsp3) is 0.143. The summed E-state index contributed by atoms with van der Waals surface area (Å²) in [6, 6.07) is 15.3. The molecule has 4 nitrogen and oxygen atoms in total. The van der Waals surface area contributed by atoms with Crippen molar-refractivity contribution in [1.82, 2.24) is 9.97 Å². The van der Waals surface area contributed by atoms with Gasteiger partial charge in [-0.05, 0) is 35.8 Å². The van der Waals surface area contributed by atoms with Crippen LogP contribution in [-0.4, -0.2) is 22.9 Å². The van der Waals surface area contributed by atoms with Crippen LogP contribution >= 0.6 is 0 Å². The van der Waals surface area contributed by atoms with Crippen molar-refractivity contribution in [3.63, 3.8) is 0 Å². The smallest absolute Gasteiger partial charge is 0.196 e. The molecule has 4 heteroatoms. The van der Waals surface area contributed by atoms with Crippen molar-refractivity contribution in [2.45, 2.75) is 13.3 Å². The van der Waals surface area contributed by atoms with Crippen molar-refractivity contribution in [3.05, 3.63) is 83.4 Å². The van der Waals surface area contributed by atoms with Gasteiger partial charge in [-0.25, -0.2) is 4.98 Å². The van der Waals surface area contributed by atoms with E-state index in [4.69, 9.17) is 4.74 Å². The molecule has 1 N–H and O–H groups in total. The minimum Gasteiger partial charge on any atom is -0.497 e. The van der Waals surface area contributed by atoms with Crippen molar-refractivity contribution >= 4 is 17.4 Å². The normalized spacial score (nSPS) is 11.4. The SMILES string of the molecule is CCc1ccc(/C=C(/C(=O)c2cccc(OC)c2)c2ncc[nH]2)cc1. The van der Waals surface area contributed by atoms with Crippen LogP contribution in [0.25, 0.3) is 11.6 Å². The van der Waals surface area contributed by atoms with Crippen LogP contribution in [0.2, 0.25) is 0 Å². The first-order valence-electron chi connectivity index (χ1n) is 8.20. The Kier molecular flexibility index (Phi) is 5.09. The molecule has 3 rings (SSSR count). The largest absolute Gasteiger partial charge is 0.497 e. The summed E-state index contributed by atoms with van der Waals surface area (Å²) in [6.07, 6.45) is 6.20. The second-order valence-corrected chi connectivity index (χ2v) is 5.65. The van der Waals surface area contributed by atoms with Crippen molar-refractivity contribution in [1.29, 1.82) is 0 Å². The first kappa shape index (κ1) is 16.7. The number of aromatic amines is 1. The molecule has 1 heterocycles. The summed E-state index contributed by atoms with van der Waals surface area (Å²) >= 11 is 0. The molecule has 0 amide bonds. The number of hydrogen-bond donors (Lipinski definition) is 1. The van der Waals surface area contributed by atoms with Gasteiger partial charge < -0.3 is 9.72 Å². The number of allylic oxidation sites excluding steroid dienone is 1. The van der Waals surface area contributed by atoms with Crippen LogP contribution in [0.1, 0.15) is 34.2 Å². The van der Waals surface area contributed by atoms with Crippen molar-refractivity contribution in [2.24, 2.45) is 0 Å². The molecule has 0 saturated heterocycles. The maximum Gasteiger partial charge on any atom is 0.196 e. The lowest BCUT2D eigenvalue weighted by Gasteiger charge is -2.07. The van der Waals surface area contributed by atoms with Crippen LogP contribution in [0, 0.1) is 0 Å². The Balaban J connectivity index is 2.02. The number of carbonyl (C=O) groups excluding carboxylic acids is 1. The standard InChI is InChI=1S/C21H20N2O2/c1-3-15-7-9-16(10-8-15)13-19(21-22-11-12-23-21)20(24)17-5-4-6-18(14-17)25-2/h4-14H,3H2,1-2H3,(H,22,23)/b19-13-. The van der Waals surface area contributed by atoms with E-state index >= 15 is 0 Å². The van der Waals surface area contributed by atoms with Gasteiger partial charge in [-0.2, -0.15) is 0 Å². The third-order valence-electron chi connectivity index (χ3n) is 4.03. The van der Waals surface area contributed by atoms with Crippen LogP contribution < -0.4 is 4.74 Å². The second kappa shape index (κ2) is 7.62. The number of ether oxygens (including phenoxy) is 1. The van der Waals surface area contributed by atoms with Crippen molar-refractivity contribution in [2.75, 3.05) is 7.11 Å². The van der Waals surface area contributed by atoms with Crippen molar-refractivity contribution < 1.29 is 9.53 Å². The van der Waals surface area contributed by atoms with Gasteiger partial charge in [-0.1, -0.05) is 43.3 Å². The van der Waals surface area contributed by atoms with Crippen LogP contribution in [-0.2, 0) is 6.42 Å². The Morgan fingerprint density at radius 2 is 2.00 bits per heavy atom. The number of nitrogens with one attached hydrogen (secondary N) is 1. The van der Waals surface area contributed by atoms with E-state index < -0.39 is 0 Å². The van der Waals surface area contributed by atoms with Gasteiger partial charge in [-0.3, -0.25) is 4.79 Å². The number of imidazole rings is 1. The Morgan fingerprint density at radius 3 is 2.64 bits per heavy atom. The molecule has 0 fully saturated rings. The maximum atomic E-state index is 13.1. The third-order valence-corrected chi connectivity index (χ3v) is 4.03. The van der Waals surface area contributed by atoms with Gasteiger partial charge in [0.25, 0.3) is 0 Å². The van der Waals surface area contributed by atoms with Crippen LogP contribution in [0.3, 0.4) is 0 Å². The molecule has 0 atom stereocenters. The molecule has 0 aliphatic carbocycles. The number of H-pyrrole nitrogens is 1. The Hall–Kier alpha value is -3.14. The van der Waals surface area contributed by atoms with Crippen molar-refractivity contribution in [3.8, 4) is 5.75 Å². The molecule has 0 aliphatic heterocycles. The number of benzene rings is 2. The fourth-order valence-corrected chi connectivity index (χ4v) is 2.59. The molecule has 0 saturated carbocycles. The number of ketones is 1. The minimum absolute atomic E-state index is 0.103. The highest BCUT2D eigenvalue weighted by Gasteiger charge is 2.17. The van der Waals surface area contributed by atoms with Gasteiger partial charge in [0.05, 0.1) is 12.7 Å². The molecule has 3 aromatic rings. The van der Waals surface area contributed by atoms with E-state index in [2.05, 4.69) is 29.0 Å². The highest BCUT2D eigenvalue weighted by Crippen LogP contribution is 2.23. The number of rotatable bonds is 6. The van der Waals surface area contributed by atoms with E-state index in [1.54, 1.807) is 31.6 Å². The van der Waals surface area contributed by atoms with E-state index in [1.165, 1.54) is 5.56 Å². The zero-order valence-corrected chi connectivity index (χ0v) is 14.3. The lowest BCUT2D eigenvalue weighted by atomic mass is 9.99. The molecule has 126 valence electrons. The van der Waals surface area contributed by atoms with Gasteiger partial charge in [0.1, 0.15) is 11.6 Å². The van der Waals surface area contributed by atoms with E-state index in [-0.39, 0.29) is 5.78 Å². The van der Waals surface area contributed by atoms with Gasteiger partial charge in [0, 0.05) is 18.0 Å². The average Bonchev–Trinajstić information content (AvgIpc) is 3.20. The predicted molar refractivity (Wildman–Crippen MR) is 99.6 cm³/mol. The molecule has 0 unspecified atom stereocenters. The van der Waals surface area contributed by atoms with E-state index in [0.717, 1.165) is 12.0 Å². The van der Waals surface area contributed by atoms with E-state index in [9.17, 15) is 4.79 Å². The maximum absolute atomic E-state index is 13.1. The van der Waals surface area contributed by atoms with Gasteiger partial charge in [0.2, 0.25) is 0 Å². The number of hydrogen-bond acceptors (Lipinski definition) is 3. The zero-order chi connectivity index (χ0) is 17.6.